The second-order valence-electron chi connectivity index (χ2n) is 7.46. The molecule has 1 rings (SSSR count). The molecule has 0 bridgehead atoms. The van der Waals surface area contributed by atoms with Crippen molar-refractivity contribution in [3.63, 3.8) is 0 Å². The van der Waals surface area contributed by atoms with Gasteiger partial charge in [0.2, 0.25) is 0 Å². The van der Waals surface area contributed by atoms with Gasteiger partial charge in [0, 0.05) is 18.7 Å². The Labute approximate surface area is 172 Å². The lowest BCUT2D eigenvalue weighted by molar-refractivity contribution is -0.152. The Balaban J connectivity index is 2.89. The first-order valence-corrected chi connectivity index (χ1v) is 14.2. The van der Waals surface area contributed by atoms with Gasteiger partial charge in [-0.1, -0.05) is 25.6 Å². The van der Waals surface area contributed by atoms with E-state index in [1.807, 2.05) is 24.0 Å². The Morgan fingerprint density at radius 3 is 2.38 bits per heavy atom. The number of hydrogen-bond donors (Lipinski definition) is 0. The summed E-state index contributed by atoms with van der Waals surface area (Å²) in [5.41, 5.74) is 4.87. The van der Waals surface area contributed by atoms with Crippen LogP contribution in [0.15, 0.2) is 18.2 Å². The van der Waals surface area contributed by atoms with Gasteiger partial charge in [-0.25, -0.2) is 0 Å². The number of hydrogen-bond acceptors (Lipinski definition) is 5. The lowest BCUT2D eigenvalue weighted by Crippen LogP contribution is -2.27. The highest BCUT2D eigenvalue weighted by molar-refractivity contribution is 7.86. The molecule has 0 spiro atoms. The van der Waals surface area contributed by atoms with E-state index in [-0.39, 0.29) is 6.42 Å². The number of nitrogens with zero attached hydrogens (tertiary/aromatic N) is 1. The second-order valence-corrected chi connectivity index (χ2v) is 14.0. The number of ether oxygens (including phenoxy) is 1. The van der Waals surface area contributed by atoms with E-state index in [1.165, 1.54) is 7.11 Å². The molecule has 0 saturated heterocycles. The van der Waals surface area contributed by atoms with Crippen LogP contribution >= 0.6 is 0 Å². The maximum absolute atomic E-state index is 12.1. The number of methoxy groups -OCH3 is 1. The summed E-state index contributed by atoms with van der Waals surface area (Å²) in [6.45, 7) is 7.39. The van der Waals surface area contributed by atoms with Crippen LogP contribution < -0.4 is 9.64 Å². The quantitative estimate of drug-likeness (QED) is 0.322. The molecule has 10 heteroatoms. The molecule has 1 aromatic carbocycles. The highest BCUT2D eigenvalue weighted by atomic mass is 32.2. The van der Waals surface area contributed by atoms with Gasteiger partial charge in [0.25, 0.3) is 10.1 Å². The molecule has 29 heavy (non-hydrogen) atoms. The molecule has 164 valence electrons. The van der Waals surface area contributed by atoms with Crippen LogP contribution in [-0.4, -0.2) is 55.2 Å². The zero-order valence-electron chi connectivity index (χ0n) is 17.4. The van der Waals surface area contributed by atoms with Crippen molar-refractivity contribution in [2.24, 2.45) is 0 Å². The van der Waals surface area contributed by atoms with Crippen molar-refractivity contribution < 1.29 is 30.5 Å². The molecule has 0 aromatic heterocycles. The maximum Gasteiger partial charge on any atom is 0.413 e. The number of halogens is 3. The maximum atomic E-state index is 12.1. The van der Waals surface area contributed by atoms with Gasteiger partial charge in [-0.2, -0.15) is 21.6 Å². The van der Waals surface area contributed by atoms with E-state index in [0.717, 1.165) is 11.3 Å². The van der Waals surface area contributed by atoms with Gasteiger partial charge in [-0.3, -0.25) is 4.18 Å². The lowest BCUT2D eigenvalue weighted by Gasteiger charge is -2.25. The molecule has 0 atom stereocenters. The predicted molar refractivity (Wildman–Crippen MR) is 112 cm³/mol. The van der Waals surface area contributed by atoms with Crippen molar-refractivity contribution in [2.45, 2.75) is 39.2 Å². The largest absolute Gasteiger partial charge is 0.495 e. The van der Waals surface area contributed by atoms with Gasteiger partial charge in [0.1, 0.15) is 13.8 Å². The average Bonchev–Trinajstić information content (AvgIpc) is 2.61. The fourth-order valence-corrected chi connectivity index (χ4v) is 3.80. The average molecular weight is 452 g/mol. The van der Waals surface area contributed by atoms with Crippen LogP contribution in [0.2, 0.25) is 19.6 Å². The standard InChI is InChI=1S/C19H28F3NO4SSi/c1-6-23(11-7-12-28(24,25)27-15-19(20,21)22)17-14-16(8-9-18(17)26-2)10-13-29(3,4)5/h8-9,14H,6-7,11-12,15H2,1-5H3. The van der Waals surface area contributed by atoms with E-state index in [1.54, 1.807) is 6.07 Å². The van der Waals surface area contributed by atoms with Crippen molar-refractivity contribution in [1.82, 2.24) is 0 Å². The highest BCUT2D eigenvalue weighted by Gasteiger charge is 2.30. The summed E-state index contributed by atoms with van der Waals surface area (Å²) in [5.74, 6) is 3.28. The lowest BCUT2D eigenvalue weighted by atomic mass is 10.1. The first-order valence-electron chi connectivity index (χ1n) is 9.16. The van der Waals surface area contributed by atoms with Gasteiger partial charge in [0.15, 0.2) is 6.61 Å². The topological polar surface area (TPSA) is 55.8 Å². The normalized spacial score (nSPS) is 12.3. The van der Waals surface area contributed by atoms with Gasteiger partial charge < -0.3 is 9.64 Å². The zero-order valence-corrected chi connectivity index (χ0v) is 19.2. The molecule has 0 aliphatic carbocycles. The van der Waals surface area contributed by atoms with Crippen molar-refractivity contribution in [2.75, 3.05) is 37.5 Å². The Bertz CT molecular complexity index is 840. The summed E-state index contributed by atoms with van der Waals surface area (Å²) < 4.78 is 69.2. The summed E-state index contributed by atoms with van der Waals surface area (Å²) in [6, 6.07) is 5.54. The summed E-state index contributed by atoms with van der Waals surface area (Å²) in [6.07, 6.45) is -4.57. The fourth-order valence-electron chi connectivity index (χ4n) is 2.37. The van der Waals surface area contributed by atoms with Gasteiger partial charge in [0.05, 0.1) is 18.6 Å². The molecular formula is C19H28F3NO4SSi. The van der Waals surface area contributed by atoms with Crippen molar-refractivity contribution in [3.8, 4) is 17.2 Å². The number of benzene rings is 1. The molecule has 0 saturated carbocycles. The van der Waals surface area contributed by atoms with Crippen molar-refractivity contribution >= 4 is 23.9 Å². The monoisotopic (exact) mass is 451 g/mol. The number of alkyl halides is 3. The SMILES string of the molecule is CCN(CCCS(=O)(=O)OCC(F)(F)F)c1cc(C#C[Si](C)(C)C)ccc1OC. The molecule has 0 amide bonds. The van der Waals surface area contributed by atoms with E-state index in [2.05, 4.69) is 35.3 Å². The molecule has 0 radical (unpaired) electrons. The van der Waals surface area contributed by atoms with Crippen LogP contribution in [-0.2, 0) is 14.3 Å². The molecule has 5 nitrogen and oxygen atoms in total. The summed E-state index contributed by atoms with van der Waals surface area (Å²) >= 11 is 0. The van der Waals surface area contributed by atoms with Crippen LogP contribution in [0.25, 0.3) is 0 Å². The molecule has 0 unspecified atom stereocenters. The molecule has 0 aliphatic rings. The minimum atomic E-state index is -4.69. The van der Waals surface area contributed by atoms with E-state index in [0.29, 0.717) is 18.8 Å². The molecule has 0 N–H and O–H groups in total. The number of anilines is 1. The third-order valence-corrected chi connectivity index (χ3v) is 5.85. The second kappa shape index (κ2) is 10.4. The smallest absolute Gasteiger partial charge is 0.413 e. The Hall–Kier alpha value is -1.70. The Kier molecular flexibility index (Phi) is 9.05. The third kappa shape index (κ3) is 10.1. The van der Waals surface area contributed by atoms with E-state index < -0.39 is 36.7 Å². The van der Waals surface area contributed by atoms with E-state index in [4.69, 9.17) is 4.74 Å². The predicted octanol–water partition coefficient (Wildman–Crippen LogP) is 4.05. The minimum Gasteiger partial charge on any atom is -0.495 e. The Morgan fingerprint density at radius 1 is 1.21 bits per heavy atom. The molecule has 0 aliphatic heterocycles. The highest BCUT2D eigenvalue weighted by Crippen LogP contribution is 2.29. The van der Waals surface area contributed by atoms with E-state index >= 15 is 0 Å². The fraction of sp³-hybridized carbons (Fsp3) is 0.579. The van der Waals surface area contributed by atoms with Crippen LogP contribution in [0.1, 0.15) is 18.9 Å². The van der Waals surface area contributed by atoms with Crippen LogP contribution in [0.3, 0.4) is 0 Å². The zero-order chi connectivity index (χ0) is 22.3. The molecular weight excluding hydrogens is 423 g/mol. The molecule has 1 aromatic rings. The Morgan fingerprint density at radius 2 is 1.86 bits per heavy atom. The van der Waals surface area contributed by atoms with Gasteiger partial charge in [-0.15, -0.1) is 5.54 Å². The van der Waals surface area contributed by atoms with Crippen LogP contribution in [0.5, 0.6) is 5.75 Å². The van der Waals surface area contributed by atoms with Gasteiger partial charge in [-0.05, 0) is 31.5 Å². The number of rotatable bonds is 9. The van der Waals surface area contributed by atoms with Crippen LogP contribution in [0, 0.1) is 11.5 Å². The molecule has 0 heterocycles. The summed E-state index contributed by atoms with van der Waals surface area (Å²) in [7, 11) is -4.25. The third-order valence-electron chi connectivity index (χ3n) is 3.71. The van der Waals surface area contributed by atoms with Crippen molar-refractivity contribution in [1.29, 1.82) is 0 Å². The molecule has 0 fully saturated rings. The van der Waals surface area contributed by atoms with Crippen LogP contribution in [0.4, 0.5) is 18.9 Å². The summed E-state index contributed by atoms with van der Waals surface area (Å²) in [5, 5.41) is 0. The first kappa shape index (κ1) is 25.3. The minimum absolute atomic E-state index is 0.113. The van der Waals surface area contributed by atoms with Gasteiger partial charge >= 0.3 is 6.18 Å². The summed E-state index contributed by atoms with van der Waals surface area (Å²) in [4.78, 5) is 1.90. The van der Waals surface area contributed by atoms with Crippen molar-refractivity contribution in [3.05, 3.63) is 23.8 Å². The van der Waals surface area contributed by atoms with E-state index in [9.17, 15) is 21.6 Å². The first-order chi connectivity index (χ1) is 13.3.